The Balaban J connectivity index is 1.86. The molecule has 0 spiro atoms. The number of nitrogens with two attached hydrogens (primary N) is 1. The number of hydrogen-bond donors (Lipinski definition) is 1. The van der Waals surface area contributed by atoms with Crippen LogP contribution in [-0.2, 0) is 4.79 Å². The first-order valence-electron chi connectivity index (χ1n) is 5.74. The molecule has 1 amide bonds. The van der Waals surface area contributed by atoms with E-state index in [0.717, 1.165) is 31.8 Å². The Kier molecular flexibility index (Phi) is 2.52. The van der Waals surface area contributed by atoms with Crippen LogP contribution in [0.25, 0.3) is 0 Å². The standard InChI is InChI=1S/C11H20N2O/c1-2-3-9-4-7-13(8-9)10(14)11(12)5-6-11/h9H,2-8,12H2,1H3. The topological polar surface area (TPSA) is 46.3 Å². The number of carbonyl (C=O) groups excluding carboxylic acids is 1. The summed E-state index contributed by atoms with van der Waals surface area (Å²) in [7, 11) is 0. The summed E-state index contributed by atoms with van der Waals surface area (Å²) in [5, 5.41) is 0. The average Bonchev–Trinajstić information content (AvgIpc) is 2.76. The molecular formula is C11H20N2O. The van der Waals surface area contributed by atoms with Crippen molar-refractivity contribution in [2.45, 2.75) is 44.6 Å². The van der Waals surface area contributed by atoms with Crippen molar-refractivity contribution in [3.8, 4) is 0 Å². The van der Waals surface area contributed by atoms with Gasteiger partial charge in [0.1, 0.15) is 0 Å². The van der Waals surface area contributed by atoms with Crippen molar-refractivity contribution < 1.29 is 4.79 Å². The smallest absolute Gasteiger partial charge is 0.242 e. The van der Waals surface area contributed by atoms with Crippen LogP contribution >= 0.6 is 0 Å². The number of hydrogen-bond acceptors (Lipinski definition) is 2. The molecule has 14 heavy (non-hydrogen) atoms. The van der Waals surface area contributed by atoms with Crippen LogP contribution in [0.4, 0.5) is 0 Å². The third-order valence-corrected chi connectivity index (χ3v) is 3.48. The molecular weight excluding hydrogens is 176 g/mol. The largest absolute Gasteiger partial charge is 0.341 e. The van der Waals surface area contributed by atoms with Crippen molar-refractivity contribution in [1.82, 2.24) is 4.90 Å². The van der Waals surface area contributed by atoms with Crippen LogP contribution in [0.3, 0.4) is 0 Å². The van der Waals surface area contributed by atoms with Crippen LogP contribution in [0.2, 0.25) is 0 Å². The Hall–Kier alpha value is -0.570. The molecule has 1 aliphatic carbocycles. The lowest BCUT2D eigenvalue weighted by molar-refractivity contribution is -0.132. The van der Waals surface area contributed by atoms with Gasteiger partial charge in [-0.05, 0) is 31.6 Å². The Labute approximate surface area is 85.6 Å². The Morgan fingerprint density at radius 3 is 2.86 bits per heavy atom. The molecule has 2 aliphatic rings. The summed E-state index contributed by atoms with van der Waals surface area (Å²) in [6.07, 6.45) is 5.43. The van der Waals surface area contributed by atoms with Gasteiger partial charge in [-0.3, -0.25) is 4.79 Å². The highest BCUT2D eigenvalue weighted by Crippen LogP contribution is 2.35. The highest BCUT2D eigenvalue weighted by Gasteiger charge is 2.49. The summed E-state index contributed by atoms with van der Waals surface area (Å²) >= 11 is 0. The third kappa shape index (κ3) is 1.78. The minimum atomic E-state index is -0.457. The normalized spacial score (nSPS) is 29.3. The van der Waals surface area contributed by atoms with Crippen molar-refractivity contribution in [2.24, 2.45) is 11.7 Å². The minimum absolute atomic E-state index is 0.205. The van der Waals surface area contributed by atoms with Crippen LogP contribution in [0, 0.1) is 5.92 Å². The van der Waals surface area contributed by atoms with Crippen LogP contribution in [0.5, 0.6) is 0 Å². The molecule has 0 aromatic rings. The predicted molar refractivity (Wildman–Crippen MR) is 55.7 cm³/mol. The van der Waals surface area contributed by atoms with Crippen molar-refractivity contribution >= 4 is 5.91 Å². The van der Waals surface area contributed by atoms with Gasteiger partial charge >= 0.3 is 0 Å². The molecule has 2 fully saturated rings. The van der Waals surface area contributed by atoms with Gasteiger partial charge in [0.25, 0.3) is 0 Å². The highest BCUT2D eigenvalue weighted by molar-refractivity contribution is 5.89. The quantitative estimate of drug-likeness (QED) is 0.735. The van der Waals surface area contributed by atoms with Gasteiger partial charge in [-0.25, -0.2) is 0 Å². The number of rotatable bonds is 3. The van der Waals surface area contributed by atoms with Gasteiger partial charge < -0.3 is 10.6 Å². The van der Waals surface area contributed by atoms with E-state index in [1.165, 1.54) is 19.3 Å². The van der Waals surface area contributed by atoms with Crippen molar-refractivity contribution in [3.05, 3.63) is 0 Å². The fourth-order valence-electron chi connectivity index (χ4n) is 2.32. The molecule has 3 nitrogen and oxygen atoms in total. The second-order valence-electron chi connectivity index (χ2n) is 4.85. The first kappa shape index (κ1) is 9.97. The van der Waals surface area contributed by atoms with Crippen molar-refractivity contribution in [3.63, 3.8) is 0 Å². The molecule has 80 valence electrons. The van der Waals surface area contributed by atoms with E-state index in [2.05, 4.69) is 6.92 Å². The van der Waals surface area contributed by atoms with E-state index < -0.39 is 5.54 Å². The monoisotopic (exact) mass is 196 g/mol. The molecule has 0 radical (unpaired) electrons. The van der Waals surface area contributed by atoms with Gasteiger partial charge in [-0.1, -0.05) is 13.3 Å². The van der Waals surface area contributed by atoms with E-state index in [0.29, 0.717) is 0 Å². The zero-order chi connectivity index (χ0) is 10.2. The van der Waals surface area contributed by atoms with E-state index >= 15 is 0 Å². The first-order valence-corrected chi connectivity index (χ1v) is 5.74. The van der Waals surface area contributed by atoms with E-state index in [4.69, 9.17) is 5.73 Å². The molecule has 0 bridgehead atoms. The van der Waals surface area contributed by atoms with E-state index in [1.54, 1.807) is 0 Å². The summed E-state index contributed by atoms with van der Waals surface area (Å²) in [4.78, 5) is 13.9. The lowest BCUT2D eigenvalue weighted by Gasteiger charge is -2.20. The predicted octanol–water partition coefficient (Wildman–Crippen LogP) is 1.13. The summed E-state index contributed by atoms with van der Waals surface area (Å²) < 4.78 is 0. The molecule has 2 N–H and O–H groups in total. The summed E-state index contributed by atoms with van der Waals surface area (Å²) in [5.74, 6) is 0.933. The van der Waals surface area contributed by atoms with Crippen molar-refractivity contribution in [2.75, 3.05) is 13.1 Å². The summed E-state index contributed by atoms with van der Waals surface area (Å²) in [6, 6.07) is 0. The van der Waals surface area contributed by atoms with E-state index in [9.17, 15) is 4.79 Å². The third-order valence-electron chi connectivity index (χ3n) is 3.48. The molecule has 0 aromatic carbocycles. The van der Waals surface area contributed by atoms with E-state index in [-0.39, 0.29) is 5.91 Å². The van der Waals surface area contributed by atoms with Gasteiger partial charge in [0, 0.05) is 13.1 Å². The van der Waals surface area contributed by atoms with Crippen LogP contribution in [-0.4, -0.2) is 29.4 Å². The van der Waals surface area contributed by atoms with Gasteiger partial charge in [0.15, 0.2) is 0 Å². The summed E-state index contributed by atoms with van der Waals surface area (Å²) in [5.41, 5.74) is 5.44. The number of nitrogens with zero attached hydrogens (tertiary/aromatic N) is 1. The van der Waals surface area contributed by atoms with Crippen LogP contribution in [0.15, 0.2) is 0 Å². The molecule has 1 saturated carbocycles. The fourth-order valence-corrected chi connectivity index (χ4v) is 2.32. The minimum Gasteiger partial charge on any atom is -0.341 e. The van der Waals surface area contributed by atoms with Crippen LogP contribution < -0.4 is 5.73 Å². The second-order valence-corrected chi connectivity index (χ2v) is 4.85. The lowest BCUT2D eigenvalue weighted by atomic mass is 10.0. The van der Waals surface area contributed by atoms with Crippen molar-refractivity contribution in [1.29, 1.82) is 0 Å². The van der Waals surface area contributed by atoms with Gasteiger partial charge in [-0.15, -0.1) is 0 Å². The summed E-state index contributed by atoms with van der Waals surface area (Å²) in [6.45, 7) is 4.09. The number of amides is 1. The maximum atomic E-state index is 11.9. The highest BCUT2D eigenvalue weighted by atomic mass is 16.2. The molecule has 1 aliphatic heterocycles. The first-order chi connectivity index (χ1) is 6.65. The maximum Gasteiger partial charge on any atom is 0.242 e. The molecule has 1 unspecified atom stereocenters. The number of likely N-dealkylation sites (tertiary alicyclic amines) is 1. The maximum absolute atomic E-state index is 11.9. The Morgan fingerprint density at radius 1 is 1.57 bits per heavy atom. The molecule has 1 heterocycles. The Morgan fingerprint density at radius 2 is 2.29 bits per heavy atom. The average molecular weight is 196 g/mol. The molecule has 1 saturated heterocycles. The SMILES string of the molecule is CCCC1CCN(C(=O)C2(N)CC2)C1. The Bertz CT molecular complexity index is 235. The zero-order valence-electron chi connectivity index (χ0n) is 8.96. The molecule has 0 aromatic heterocycles. The number of carbonyl (C=O) groups is 1. The van der Waals surface area contributed by atoms with Gasteiger partial charge in [0.05, 0.1) is 5.54 Å². The van der Waals surface area contributed by atoms with Crippen LogP contribution in [0.1, 0.15) is 39.0 Å². The second kappa shape index (κ2) is 3.54. The zero-order valence-corrected chi connectivity index (χ0v) is 8.96. The fraction of sp³-hybridized carbons (Fsp3) is 0.909. The van der Waals surface area contributed by atoms with Gasteiger partial charge in [-0.2, -0.15) is 0 Å². The van der Waals surface area contributed by atoms with Gasteiger partial charge in [0.2, 0.25) is 5.91 Å². The molecule has 3 heteroatoms. The molecule has 1 atom stereocenters. The lowest BCUT2D eigenvalue weighted by Crippen LogP contribution is -2.44. The van der Waals surface area contributed by atoms with E-state index in [1.807, 2.05) is 4.90 Å². The molecule has 2 rings (SSSR count).